The molecular weight excluding hydrogens is 216 g/mol. The van der Waals surface area contributed by atoms with E-state index in [2.05, 4.69) is 25.7 Å². The van der Waals surface area contributed by atoms with Crippen molar-refractivity contribution in [3.8, 4) is 0 Å². The van der Waals surface area contributed by atoms with Crippen LogP contribution in [0.2, 0.25) is 0 Å². The molecule has 0 spiro atoms. The lowest BCUT2D eigenvalue weighted by atomic mass is 10.1. The Morgan fingerprint density at radius 1 is 1.35 bits per heavy atom. The van der Waals surface area contributed by atoms with Gasteiger partial charge in [0.2, 0.25) is 0 Å². The maximum absolute atomic E-state index is 5.72. The van der Waals surface area contributed by atoms with Crippen molar-refractivity contribution >= 4 is 0 Å². The molecule has 0 aromatic carbocycles. The van der Waals surface area contributed by atoms with Gasteiger partial charge < -0.3 is 15.2 Å². The third kappa shape index (κ3) is 6.36. The van der Waals surface area contributed by atoms with Crippen LogP contribution in [-0.4, -0.2) is 56.5 Å². The summed E-state index contributed by atoms with van der Waals surface area (Å²) in [4.78, 5) is 2.39. The van der Waals surface area contributed by atoms with Crippen LogP contribution in [0, 0.1) is 5.92 Å². The van der Waals surface area contributed by atoms with Crippen LogP contribution in [0.4, 0.5) is 0 Å². The number of ether oxygens (including phenoxy) is 2. The van der Waals surface area contributed by atoms with Crippen LogP contribution in [0.15, 0.2) is 0 Å². The molecule has 0 saturated carbocycles. The third-order valence-electron chi connectivity index (χ3n) is 3.06. The Bertz CT molecular complexity index is 200. The average Bonchev–Trinajstić information content (AvgIpc) is 2.27. The van der Waals surface area contributed by atoms with Crippen molar-refractivity contribution in [2.24, 2.45) is 11.7 Å². The van der Waals surface area contributed by atoms with Crippen LogP contribution in [-0.2, 0) is 9.47 Å². The van der Waals surface area contributed by atoms with E-state index in [-0.39, 0.29) is 12.2 Å². The number of morpholine rings is 1. The van der Waals surface area contributed by atoms with Gasteiger partial charge in [-0.3, -0.25) is 4.90 Å². The predicted molar refractivity (Wildman–Crippen MR) is 70.1 cm³/mol. The molecular formula is C13H28N2O2. The molecule has 2 unspecified atom stereocenters. The number of rotatable bonds is 7. The summed E-state index contributed by atoms with van der Waals surface area (Å²) in [7, 11) is 0. The van der Waals surface area contributed by atoms with Gasteiger partial charge in [-0.05, 0) is 19.3 Å². The topological polar surface area (TPSA) is 47.7 Å². The van der Waals surface area contributed by atoms with E-state index in [0.717, 1.165) is 45.2 Å². The van der Waals surface area contributed by atoms with Crippen molar-refractivity contribution in [3.05, 3.63) is 0 Å². The molecule has 1 saturated heterocycles. The fourth-order valence-corrected chi connectivity index (χ4v) is 2.07. The highest BCUT2D eigenvalue weighted by atomic mass is 16.5. The second-order valence-corrected chi connectivity index (χ2v) is 5.36. The van der Waals surface area contributed by atoms with Gasteiger partial charge in [-0.15, -0.1) is 0 Å². The summed E-state index contributed by atoms with van der Waals surface area (Å²) in [6.45, 7) is 11.8. The van der Waals surface area contributed by atoms with Crippen molar-refractivity contribution in [2.75, 3.05) is 39.4 Å². The van der Waals surface area contributed by atoms with Gasteiger partial charge in [0.25, 0.3) is 0 Å². The molecule has 2 atom stereocenters. The van der Waals surface area contributed by atoms with Gasteiger partial charge >= 0.3 is 0 Å². The van der Waals surface area contributed by atoms with E-state index in [1.165, 1.54) is 0 Å². The predicted octanol–water partition coefficient (Wildman–Crippen LogP) is 1.10. The Balaban J connectivity index is 2.09. The first-order valence-electron chi connectivity index (χ1n) is 6.77. The van der Waals surface area contributed by atoms with Crippen molar-refractivity contribution in [1.29, 1.82) is 0 Å². The molecule has 102 valence electrons. The highest BCUT2D eigenvalue weighted by Crippen LogP contribution is 2.09. The van der Waals surface area contributed by atoms with E-state index < -0.39 is 0 Å². The van der Waals surface area contributed by atoms with E-state index in [9.17, 15) is 0 Å². The molecule has 1 aliphatic heterocycles. The van der Waals surface area contributed by atoms with Crippen LogP contribution in [0.1, 0.15) is 27.2 Å². The van der Waals surface area contributed by atoms with Gasteiger partial charge in [-0.2, -0.15) is 0 Å². The summed E-state index contributed by atoms with van der Waals surface area (Å²) in [5.41, 5.74) is 5.65. The van der Waals surface area contributed by atoms with Crippen LogP contribution in [0.5, 0.6) is 0 Å². The van der Waals surface area contributed by atoms with Gasteiger partial charge in [0, 0.05) is 32.8 Å². The van der Waals surface area contributed by atoms with E-state index in [0.29, 0.717) is 6.54 Å². The highest BCUT2D eigenvalue weighted by molar-refractivity contribution is 4.76. The Hall–Kier alpha value is -0.160. The first-order chi connectivity index (χ1) is 8.11. The van der Waals surface area contributed by atoms with Crippen molar-refractivity contribution < 1.29 is 9.47 Å². The molecule has 17 heavy (non-hydrogen) atoms. The zero-order valence-electron chi connectivity index (χ0n) is 11.5. The lowest BCUT2D eigenvalue weighted by Crippen LogP contribution is -2.50. The standard InChI is InChI=1S/C13H28N2O2/c1-11(2)4-6-16-7-5-15-9-12(3)17-13(8-14)10-15/h11-13H,4-10,14H2,1-3H3. The number of nitrogens with two attached hydrogens (primary N) is 1. The minimum atomic E-state index is 0.189. The minimum absolute atomic E-state index is 0.189. The van der Waals surface area contributed by atoms with Gasteiger partial charge in [-0.25, -0.2) is 0 Å². The molecule has 0 aromatic rings. The summed E-state index contributed by atoms with van der Waals surface area (Å²) in [6.07, 6.45) is 1.62. The van der Waals surface area contributed by atoms with Crippen LogP contribution in [0.25, 0.3) is 0 Å². The minimum Gasteiger partial charge on any atom is -0.380 e. The Morgan fingerprint density at radius 2 is 2.12 bits per heavy atom. The van der Waals surface area contributed by atoms with E-state index in [1.807, 2.05) is 0 Å². The molecule has 0 bridgehead atoms. The van der Waals surface area contributed by atoms with Crippen molar-refractivity contribution in [2.45, 2.75) is 39.4 Å². The SMILES string of the molecule is CC(C)CCOCCN1CC(C)OC(CN)C1. The van der Waals surface area contributed by atoms with Gasteiger partial charge in [0.15, 0.2) is 0 Å². The summed E-state index contributed by atoms with van der Waals surface area (Å²) in [6, 6.07) is 0. The van der Waals surface area contributed by atoms with E-state index >= 15 is 0 Å². The number of nitrogens with zero attached hydrogens (tertiary/aromatic N) is 1. The summed E-state index contributed by atoms with van der Waals surface area (Å²) in [5, 5.41) is 0. The fourth-order valence-electron chi connectivity index (χ4n) is 2.07. The highest BCUT2D eigenvalue weighted by Gasteiger charge is 2.23. The number of hydrogen-bond acceptors (Lipinski definition) is 4. The lowest BCUT2D eigenvalue weighted by molar-refractivity contribution is -0.0769. The summed E-state index contributed by atoms with van der Waals surface area (Å²) in [5.74, 6) is 0.722. The molecule has 1 fully saturated rings. The van der Waals surface area contributed by atoms with Gasteiger partial charge in [0.1, 0.15) is 0 Å². The Kier molecular flexibility index (Phi) is 7.04. The first-order valence-corrected chi connectivity index (χ1v) is 6.77. The zero-order chi connectivity index (χ0) is 12.7. The van der Waals surface area contributed by atoms with Crippen molar-refractivity contribution in [3.63, 3.8) is 0 Å². The smallest absolute Gasteiger partial charge is 0.0828 e. The van der Waals surface area contributed by atoms with Gasteiger partial charge in [0.05, 0.1) is 18.8 Å². The Morgan fingerprint density at radius 3 is 2.76 bits per heavy atom. The number of hydrogen-bond donors (Lipinski definition) is 1. The van der Waals surface area contributed by atoms with Crippen LogP contribution in [0.3, 0.4) is 0 Å². The molecule has 0 amide bonds. The van der Waals surface area contributed by atoms with E-state index in [4.69, 9.17) is 15.2 Å². The van der Waals surface area contributed by atoms with E-state index in [1.54, 1.807) is 0 Å². The molecule has 4 nitrogen and oxygen atoms in total. The van der Waals surface area contributed by atoms with Crippen molar-refractivity contribution in [1.82, 2.24) is 4.90 Å². The molecule has 1 rings (SSSR count). The average molecular weight is 244 g/mol. The largest absolute Gasteiger partial charge is 0.380 e. The zero-order valence-corrected chi connectivity index (χ0v) is 11.5. The molecule has 0 aromatic heterocycles. The molecule has 1 aliphatic rings. The molecule has 1 heterocycles. The van der Waals surface area contributed by atoms with Gasteiger partial charge in [-0.1, -0.05) is 13.8 Å². The normalized spacial score (nSPS) is 26.6. The molecule has 0 aliphatic carbocycles. The summed E-state index contributed by atoms with van der Waals surface area (Å²) >= 11 is 0. The van der Waals surface area contributed by atoms with Crippen LogP contribution >= 0.6 is 0 Å². The maximum Gasteiger partial charge on any atom is 0.0828 e. The quantitative estimate of drug-likeness (QED) is 0.681. The monoisotopic (exact) mass is 244 g/mol. The first kappa shape index (κ1) is 14.9. The lowest BCUT2D eigenvalue weighted by Gasteiger charge is -2.36. The van der Waals surface area contributed by atoms with Crippen LogP contribution < -0.4 is 5.73 Å². The maximum atomic E-state index is 5.72. The summed E-state index contributed by atoms with van der Waals surface area (Å²) < 4.78 is 11.4. The molecule has 2 N–H and O–H groups in total. The molecule has 0 radical (unpaired) electrons. The molecule has 4 heteroatoms. The Labute approximate surface area is 105 Å². The second-order valence-electron chi connectivity index (χ2n) is 5.36. The third-order valence-corrected chi connectivity index (χ3v) is 3.06. The second kappa shape index (κ2) is 8.03. The fraction of sp³-hybridized carbons (Fsp3) is 1.00.